The molecule has 2 nitrogen and oxygen atoms in total. The van der Waals surface area contributed by atoms with Crippen LogP contribution in [0.1, 0.15) is 141 Å². The lowest BCUT2D eigenvalue weighted by Gasteiger charge is -2.47. The first-order valence-electron chi connectivity index (χ1n) is 24.0. The molecule has 0 N–H and O–H groups in total. The van der Waals surface area contributed by atoms with Crippen molar-refractivity contribution in [2.24, 2.45) is 0 Å². The van der Waals surface area contributed by atoms with Gasteiger partial charge in [0.2, 0.25) is 0 Å². The van der Waals surface area contributed by atoms with E-state index in [0.717, 1.165) is 0 Å². The van der Waals surface area contributed by atoms with E-state index in [1.54, 1.807) is 0 Å². The molecule has 324 valence electrons. The van der Waals surface area contributed by atoms with Crippen LogP contribution in [0.5, 0.6) is 0 Å². The van der Waals surface area contributed by atoms with Gasteiger partial charge in [0, 0.05) is 43.3 Å². The van der Waals surface area contributed by atoms with E-state index in [9.17, 15) is 0 Å². The number of rotatable bonds is 3. The molecule has 4 heteroatoms. The summed E-state index contributed by atoms with van der Waals surface area (Å²) < 4.78 is 2.87. The monoisotopic (exact) mass is 856 g/mol. The van der Waals surface area contributed by atoms with E-state index >= 15 is 0 Å². The zero-order valence-corrected chi connectivity index (χ0v) is 41.4. The fraction of sp³-hybridized carbons (Fsp3) is 0.367. The van der Waals surface area contributed by atoms with Crippen LogP contribution in [0.3, 0.4) is 0 Å². The molecule has 0 saturated carbocycles. The van der Waals surface area contributed by atoms with Crippen LogP contribution in [-0.4, -0.2) is 6.71 Å². The molecule has 0 atom stereocenters. The zero-order valence-electron chi connectivity index (χ0n) is 40.6. The fourth-order valence-electron chi connectivity index (χ4n) is 12.0. The maximum atomic E-state index is 2.71. The minimum Gasteiger partial charge on any atom is -0.311 e. The summed E-state index contributed by atoms with van der Waals surface area (Å²) in [5.41, 5.74) is 23.6. The van der Waals surface area contributed by atoms with Crippen molar-refractivity contribution in [3.63, 3.8) is 0 Å². The van der Waals surface area contributed by atoms with Crippen molar-refractivity contribution in [2.75, 3.05) is 9.80 Å². The first kappa shape index (κ1) is 41.6. The summed E-state index contributed by atoms with van der Waals surface area (Å²) >= 11 is 2.06. The number of aryl methyl sites for hydroxylation is 2. The predicted octanol–water partition coefficient (Wildman–Crippen LogP) is 15.3. The van der Waals surface area contributed by atoms with Gasteiger partial charge < -0.3 is 9.80 Å². The normalized spacial score (nSPS) is 18.5. The Labute approximate surface area is 387 Å². The number of hydrogen-bond acceptors (Lipinski definition) is 3. The molecule has 2 aliphatic heterocycles. The number of anilines is 6. The van der Waals surface area contributed by atoms with Crippen molar-refractivity contribution in [1.29, 1.82) is 0 Å². The van der Waals surface area contributed by atoms with E-state index in [1.807, 2.05) is 0 Å². The van der Waals surface area contributed by atoms with Crippen molar-refractivity contribution < 1.29 is 0 Å². The van der Waals surface area contributed by atoms with Gasteiger partial charge in [-0.05, 0) is 176 Å². The Morgan fingerprint density at radius 3 is 1.70 bits per heavy atom. The van der Waals surface area contributed by atoms with Crippen molar-refractivity contribution in [3.8, 4) is 11.1 Å². The lowest BCUT2D eigenvalue weighted by Crippen LogP contribution is -2.61. The Bertz CT molecular complexity index is 3060. The summed E-state index contributed by atoms with van der Waals surface area (Å²) in [5, 5.41) is 1.39. The van der Waals surface area contributed by atoms with Gasteiger partial charge in [-0.25, -0.2) is 0 Å². The second-order valence-electron chi connectivity index (χ2n) is 23.7. The largest absolute Gasteiger partial charge is 0.311 e. The Morgan fingerprint density at radius 2 is 1.09 bits per heavy atom. The highest BCUT2D eigenvalue weighted by molar-refractivity contribution is 7.33. The average molecular weight is 857 g/mol. The first-order chi connectivity index (χ1) is 30.1. The summed E-state index contributed by atoms with van der Waals surface area (Å²) in [6.07, 6.45) is 4.77. The Hall–Kier alpha value is -5.06. The van der Waals surface area contributed by atoms with Crippen LogP contribution in [0.4, 0.5) is 34.1 Å². The summed E-state index contributed by atoms with van der Waals surface area (Å²) in [6, 6.07) is 43.2. The van der Waals surface area contributed by atoms with E-state index in [2.05, 4.69) is 220 Å². The van der Waals surface area contributed by atoms with Crippen molar-refractivity contribution in [1.82, 2.24) is 0 Å². The van der Waals surface area contributed by atoms with Gasteiger partial charge in [0.1, 0.15) is 0 Å². The van der Waals surface area contributed by atoms with Crippen molar-refractivity contribution in [2.45, 2.75) is 143 Å². The maximum absolute atomic E-state index is 2.71. The summed E-state index contributed by atoms with van der Waals surface area (Å²) in [6.45, 7) is 31.5. The molecule has 0 radical (unpaired) electrons. The van der Waals surface area contributed by atoms with E-state index in [1.165, 1.54) is 136 Å². The van der Waals surface area contributed by atoms with Gasteiger partial charge in [-0.3, -0.25) is 0 Å². The highest BCUT2D eigenvalue weighted by Crippen LogP contribution is 2.54. The van der Waals surface area contributed by atoms with Crippen LogP contribution < -0.4 is 25.5 Å². The number of hydrogen-bond donors (Lipinski definition) is 0. The average Bonchev–Trinajstić information content (AvgIpc) is 3.62. The quantitative estimate of drug-likeness (QED) is 0.163. The molecule has 0 amide bonds. The second-order valence-corrected chi connectivity index (χ2v) is 24.8. The van der Waals surface area contributed by atoms with E-state index in [4.69, 9.17) is 0 Å². The SMILES string of the molecule is Cc1cc2c3c(c1)N(c1cc(-c4ccccc4)ccc1C)c1c(sc4cc5c(cc14)C(C)(C)CCC5(C)C)B3c1cc3c(cc1N2c1ccc(C(C)(C)C)cc1)C(C)(C)CCC3(C)C. The summed E-state index contributed by atoms with van der Waals surface area (Å²) in [5.74, 6) is 0. The smallest absolute Gasteiger partial charge is 0.264 e. The Kier molecular flexibility index (Phi) is 8.94. The van der Waals surface area contributed by atoms with Crippen LogP contribution in [-0.2, 0) is 27.1 Å². The van der Waals surface area contributed by atoms with E-state index < -0.39 is 0 Å². The zero-order chi connectivity index (χ0) is 45.0. The molecular weight excluding hydrogens is 792 g/mol. The molecule has 64 heavy (non-hydrogen) atoms. The predicted molar refractivity (Wildman–Crippen MR) is 280 cm³/mol. The van der Waals surface area contributed by atoms with Gasteiger partial charge in [-0.1, -0.05) is 137 Å². The summed E-state index contributed by atoms with van der Waals surface area (Å²) in [7, 11) is 0. The van der Waals surface area contributed by atoms with Gasteiger partial charge in [0.15, 0.2) is 0 Å². The molecule has 0 saturated heterocycles. The molecule has 11 rings (SSSR count). The van der Waals surface area contributed by atoms with Crippen LogP contribution in [0.25, 0.3) is 21.2 Å². The molecule has 2 aliphatic carbocycles. The molecule has 0 fully saturated rings. The van der Waals surface area contributed by atoms with Crippen molar-refractivity contribution >= 4 is 78.0 Å². The second kappa shape index (κ2) is 13.7. The van der Waals surface area contributed by atoms with Crippen LogP contribution >= 0.6 is 11.3 Å². The van der Waals surface area contributed by atoms with Gasteiger partial charge in [-0.2, -0.15) is 0 Å². The molecule has 1 aromatic heterocycles. The van der Waals surface area contributed by atoms with Crippen LogP contribution in [0, 0.1) is 13.8 Å². The van der Waals surface area contributed by atoms with Gasteiger partial charge in [0.05, 0.1) is 5.69 Å². The standard InChI is InChI=1S/C60H65BN2S/c1-36-29-50-53-51(30-36)63(48-31-39(20-19-37(48)2)38-17-15-14-16-18-38)54-42-32-43-46(60(12,13)28-25-57(43,6)7)35-52(42)64-55(54)61(53)47-33-44-45(59(10,11)27-26-58(44,8)9)34-49(47)62(50)41-23-21-40(22-24-41)56(3,4)5/h14-24,29-35H,25-28H2,1-13H3. The minimum atomic E-state index is 0.0640. The lowest BCUT2D eigenvalue weighted by atomic mass is 9.35. The number of fused-ring (bicyclic) bond motifs is 8. The van der Waals surface area contributed by atoms with E-state index in [0.29, 0.717) is 0 Å². The first-order valence-corrected chi connectivity index (χ1v) is 24.8. The molecule has 0 unspecified atom stereocenters. The van der Waals surface area contributed by atoms with Gasteiger partial charge in [-0.15, -0.1) is 11.3 Å². The van der Waals surface area contributed by atoms with Crippen molar-refractivity contribution in [3.05, 3.63) is 148 Å². The summed E-state index contributed by atoms with van der Waals surface area (Å²) in [4.78, 5) is 5.36. The Balaban J connectivity index is 1.28. The third kappa shape index (κ3) is 6.17. The van der Waals surface area contributed by atoms with E-state index in [-0.39, 0.29) is 33.8 Å². The number of nitrogens with zero attached hydrogens (tertiary/aromatic N) is 2. The third-order valence-electron chi connectivity index (χ3n) is 16.3. The number of benzene rings is 6. The molecule has 4 aliphatic rings. The lowest BCUT2D eigenvalue weighted by molar-refractivity contribution is 0.332. The molecule has 0 spiro atoms. The highest BCUT2D eigenvalue weighted by atomic mass is 32.1. The molecular formula is C60H65BN2S. The van der Waals surface area contributed by atoms with Crippen LogP contribution in [0.2, 0.25) is 0 Å². The molecule has 0 bridgehead atoms. The fourth-order valence-corrected chi connectivity index (χ4v) is 13.4. The molecule has 6 aromatic carbocycles. The topological polar surface area (TPSA) is 6.48 Å². The maximum Gasteiger partial charge on any atom is 0.264 e. The highest BCUT2D eigenvalue weighted by Gasteiger charge is 2.49. The minimum absolute atomic E-state index is 0.0640. The van der Waals surface area contributed by atoms with Crippen LogP contribution in [0.15, 0.2) is 109 Å². The molecule has 3 heterocycles. The van der Waals surface area contributed by atoms with Gasteiger partial charge in [0.25, 0.3) is 6.71 Å². The third-order valence-corrected chi connectivity index (χ3v) is 17.5. The molecule has 7 aromatic rings. The van der Waals surface area contributed by atoms with Gasteiger partial charge >= 0.3 is 0 Å². The number of thiophene rings is 1. The Morgan fingerprint density at radius 1 is 0.531 bits per heavy atom.